The first kappa shape index (κ1) is 18.5. The highest BCUT2D eigenvalue weighted by Gasteiger charge is 2.11. The Balaban J connectivity index is 1.76. The first-order valence-corrected chi connectivity index (χ1v) is 9.69. The van der Waals surface area contributed by atoms with Crippen molar-refractivity contribution in [3.63, 3.8) is 0 Å². The molecule has 142 valence electrons. The van der Waals surface area contributed by atoms with Crippen LogP contribution in [-0.4, -0.2) is 9.97 Å². The molecule has 2 aromatic carbocycles. The summed E-state index contributed by atoms with van der Waals surface area (Å²) in [6, 6.07) is 16.8. The lowest BCUT2D eigenvalue weighted by atomic mass is 10.0. The van der Waals surface area contributed by atoms with Crippen molar-refractivity contribution in [3.05, 3.63) is 88.9 Å². The minimum atomic E-state index is 0.518. The van der Waals surface area contributed by atoms with Crippen LogP contribution in [0.3, 0.4) is 0 Å². The second-order valence-electron chi connectivity index (χ2n) is 6.95. The molecule has 0 saturated heterocycles. The summed E-state index contributed by atoms with van der Waals surface area (Å²) in [6.45, 7) is 4.23. The molecule has 0 bridgehead atoms. The number of nitriles is 1. The summed E-state index contributed by atoms with van der Waals surface area (Å²) in [7, 11) is 0. The molecule has 4 rings (SSSR count). The Labute approximate surface area is 170 Å². The number of benzene rings is 2. The van der Waals surface area contributed by atoms with Gasteiger partial charge in [-0.15, -0.1) is 0 Å². The van der Waals surface area contributed by atoms with Crippen molar-refractivity contribution in [1.29, 1.82) is 5.26 Å². The van der Waals surface area contributed by atoms with E-state index in [9.17, 15) is 5.26 Å². The second-order valence-corrected chi connectivity index (χ2v) is 6.95. The molecule has 2 N–H and O–H groups in total. The van der Waals surface area contributed by atoms with E-state index in [0.29, 0.717) is 5.56 Å². The van der Waals surface area contributed by atoms with Gasteiger partial charge in [0.1, 0.15) is 6.07 Å². The van der Waals surface area contributed by atoms with E-state index in [-0.39, 0.29) is 0 Å². The van der Waals surface area contributed by atoms with Gasteiger partial charge in [-0.25, -0.2) is 0 Å². The maximum absolute atomic E-state index is 9.64. The van der Waals surface area contributed by atoms with Gasteiger partial charge in [0.05, 0.1) is 11.3 Å². The van der Waals surface area contributed by atoms with Crippen LogP contribution in [0.25, 0.3) is 23.1 Å². The summed E-state index contributed by atoms with van der Waals surface area (Å²) in [5.41, 5.74) is 7.84. The third-order valence-electron chi connectivity index (χ3n) is 5.24. The van der Waals surface area contributed by atoms with Crippen molar-refractivity contribution < 1.29 is 0 Å². The number of pyridine rings is 1. The third kappa shape index (κ3) is 3.63. The Kier molecular flexibility index (Phi) is 5.13. The van der Waals surface area contributed by atoms with Crippen LogP contribution in [0.1, 0.15) is 34.7 Å². The highest BCUT2D eigenvalue weighted by molar-refractivity contribution is 5.90. The zero-order chi connectivity index (χ0) is 20.2. The van der Waals surface area contributed by atoms with Gasteiger partial charge in [0.25, 0.3) is 0 Å². The van der Waals surface area contributed by atoms with E-state index in [1.165, 1.54) is 11.1 Å². The average molecular weight is 378 g/mol. The molecule has 4 aromatic rings. The largest absolute Gasteiger partial charge is 0.361 e. The van der Waals surface area contributed by atoms with Crippen molar-refractivity contribution in [3.8, 4) is 6.07 Å². The normalized spacial score (nSPS) is 11.1. The van der Waals surface area contributed by atoms with Crippen molar-refractivity contribution in [2.45, 2.75) is 20.3 Å². The average Bonchev–Trinajstić information content (AvgIpc) is 3.24. The fourth-order valence-corrected chi connectivity index (χ4v) is 3.58. The second kappa shape index (κ2) is 8.04. The SMILES string of the molecule is CCc1ccccc1/C=C/c1cncc(C#N)c1Nc1ccc2[nH]ccc2c1C. The van der Waals surface area contributed by atoms with Gasteiger partial charge in [-0.1, -0.05) is 43.3 Å². The molecular formula is C25H22N4. The monoisotopic (exact) mass is 378 g/mol. The fraction of sp³-hybridized carbons (Fsp3) is 0.120. The Morgan fingerprint density at radius 3 is 2.72 bits per heavy atom. The van der Waals surface area contributed by atoms with Crippen LogP contribution in [0.2, 0.25) is 0 Å². The van der Waals surface area contributed by atoms with Gasteiger partial charge in [0, 0.05) is 40.7 Å². The molecule has 0 unspecified atom stereocenters. The number of H-pyrrole nitrogens is 1. The highest BCUT2D eigenvalue weighted by Crippen LogP contribution is 2.31. The number of hydrogen-bond acceptors (Lipinski definition) is 3. The topological polar surface area (TPSA) is 64.5 Å². The van der Waals surface area contributed by atoms with E-state index in [1.807, 2.05) is 30.5 Å². The standard InChI is InChI=1S/C25H22N4/c1-3-18-6-4-5-7-19(18)8-9-20-15-27-16-21(14-26)25(20)29-23-10-11-24-22(17(23)2)12-13-28-24/h4-13,15-16,28H,3H2,1-2H3,(H,27,29)/b9-8+. The predicted molar refractivity (Wildman–Crippen MR) is 120 cm³/mol. The van der Waals surface area contributed by atoms with Crippen LogP contribution >= 0.6 is 0 Å². The summed E-state index contributed by atoms with van der Waals surface area (Å²) in [6.07, 6.45) is 10.4. The molecule has 0 radical (unpaired) electrons. The van der Waals surface area contributed by atoms with Crippen LogP contribution in [0.15, 0.2) is 61.1 Å². The van der Waals surface area contributed by atoms with E-state index in [1.54, 1.807) is 12.4 Å². The van der Waals surface area contributed by atoms with Crippen LogP contribution in [0.5, 0.6) is 0 Å². The van der Waals surface area contributed by atoms with Crippen LogP contribution in [0, 0.1) is 18.3 Å². The molecule has 0 aliphatic rings. The van der Waals surface area contributed by atoms with Crippen molar-refractivity contribution >= 4 is 34.4 Å². The molecule has 0 saturated carbocycles. The number of aryl methyl sites for hydroxylation is 2. The predicted octanol–water partition coefficient (Wildman–Crippen LogP) is 6.22. The van der Waals surface area contributed by atoms with Gasteiger partial charge in [-0.3, -0.25) is 4.98 Å². The van der Waals surface area contributed by atoms with Gasteiger partial charge in [-0.05, 0) is 48.2 Å². The molecule has 29 heavy (non-hydrogen) atoms. The lowest BCUT2D eigenvalue weighted by Crippen LogP contribution is -1.99. The minimum Gasteiger partial charge on any atom is -0.361 e. The van der Waals surface area contributed by atoms with Crippen LogP contribution in [0.4, 0.5) is 11.4 Å². The quantitative estimate of drug-likeness (QED) is 0.433. The van der Waals surface area contributed by atoms with Crippen molar-refractivity contribution in [2.24, 2.45) is 0 Å². The molecule has 4 nitrogen and oxygen atoms in total. The molecule has 2 heterocycles. The Morgan fingerprint density at radius 1 is 1.07 bits per heavy atom. The summed E-state index contributed by atoms with van der Waals surface area (Å²) < 4.78 is 0. The number of rotatable bonds is 5. The van der Waals surface area contributed by atoms with Crippen LogP contribution in [-0.2, 0) is 6.42 Å². The third-order valence-corrected chi connectivity index (χ3v) is 5.24. The number of hydrogen-bond donors (Lipinski definition) is 2. The maximum atomic E-state index is 9.64. The number of anilines is 2. The number of fused-ring (bicyclic) bond motifs is 1. The summed E-state index contributed by atoms with van der Waals surface area (Å²) in [5, 5.41) is 14.3. The summed E-state index contributed by atoms with van der Waals surface area (Å²) >= 11 is 0. The van der Waals surface area contributed by atoms with E-state index in [0.717, 1.165) is 39.8 Å². The first-order chi connectivity index (χ1) is 14.2. The number of aromatic amines is 1. The van der Waals surface area contributed by atoms with Crippen molar-refractivity contribution in [2.75, 3.05) is 5.32 Å². The van der Waals surface area contributed by atoms with E-state index in [4.69, 9.17) is 0 Å². The lowest BCUT2D eigenvalue weighted by molar-refractivity contribution is 1.13. The number of aromatic nitrogens is 2. The summed E-state index contributed by atoms with van der Waals surface area (Å²) in [4.78, 5) is 7.49. The molecule has 2 aromatic heterocycles. The fourth-order valence-electron chi connectivity index (χ4n) is 3.58. The van der Waals surface area contributed by atoms with Crippen LogP contribution < -0.4 is 5.32 Å². The van der Waals surface area contributed by atoms with Crippen molar-refractivity contribution in [1.82, 2.24) is 9.97 Å². The minimum absolute atomic E-state index is 0.518. The van der Waals surface area contributed by atoms with Gasteiger partial charge < -0.3 is 10.3 Å². The molecule has 0 atom stereocenters. The molecule has 0 fully saturated rings. The molecule has 0 amide bonds. The lowest BCUT2D eigenvalue weighted by Gasteiger charge is -2.14. The maximum Gasteiger partial charge on any atom is 0.103 e. The number of nitrogens with zero attached hydrogens (tertiary/aromatic N) is 2. The molecular weight excluding hydrogens is 356 g/mol. The highest BCUT2D eigenvalue weighted by atomic mass is 14.9. The first-order valence-electron chi connectivity index (χ1n) is 9.69. The van der Waals surface area contributed by atoms with E-state index >= 15 is 0 Å². The van der Waals surface area contributed by atoms with Gasteiger partial charge in [-0.2, -0.15) is 5.26 Å². The number of nitrogens with one attached hydrogen (secondary N) is 2. The summed E-state index contributed by atoms with van der Waals surface area (Å²) in [5.74, 6) is 0. The Morgan fingerprint density at radius 2 is 1.90 bits per heavy atom. The Hall–Kier alpha value is -3.84. The van der Waals surface area contributed by atoms with E-state index < -0.39 is 0 Å². The zero-order valence-electron chi connectivity index (χ0n) is 16.5. The Bertz CT molecular complexity index is 1240. The molecule has 0 spiro atoms. The van der Waals surface area contributed by atoms with Gasteiger partial charge in [0.2, 0.25) is 0 Å². The molecule has 0 aliphatic heterocycles. The molecule has 4 heteroatoms. The van der Waals surface area contributed by atoms with Gasteiger partial charge in [0.15, 0.2) is 0 Å². The molecule has 0 aliphatic carbocycles. The zero-order valence-corrected chi connectivity index (χ0v) is 16.5. The van der Waals surface area contributed by atoms with E-state index in [2.05, 4.69) is 65.5 Å². The van der Waals surface area contributed by atoms with Gasteiger partial charge >= 0.3 is 0 Å². The smallest absolute Gasteiger partial charge is 0.103 e.